The molecule has 124 valence electrons. The molecule has 0 saturated heterocycles. The van der Waals surface area contributed by atoms with Gasteiger partial charge in [-0.15, -0.1) is 0 Å². The Kier molecular flexibility index (Phi) is 14.5. The molecule has 0 saturated carbocycles. The first-order chi connectivity index (χ1) is 10.4. The highest BCUT2D eigenvalue weighted by atomic mass is 16.5. The molecular weight excluding hydrogens is 268 g/mol. The van der Waals surface area contributed by atoms with E-state index >= 15 is 0 Å². The first-order valence-electron chi connectivity index (χ1n) is 7.96. The van der Waals surface area contributed by atoms with Gasteiger partial charge in [0.05, 0.1) is 7.11 Å². The predicted octanol–water partition coefficient (Wildman–Crippen LogP) is 6.95. The van der Waals surface area contributed by atoms with Crippen LogP contribution in [0.4, 0.5) is 0 Å². The van der Waals surface area contributed by atoms with Gasteiger partial charge in [-0.3, -0.25) is 0 Å². The number of benzene rings is 1. The second-order valence-electron chi connectivity index (χ2n) is 5.21. The first kappa shape index (κ1) is 22.5. The van der Waals surface area contributed by atoms with E-state index in [0.717, 1.165) is 12.2 Å². The summed E-state index contributed by atoms with van der Waals surface area (Å²) in [6, 6.07) is 8.28. The molecule has 0 aliphatic carbocycles. The molecule has 0 aliphatic rings. The number of rotatable bonds is 4. The molecule has 0 N–H and O–H groups in total. The minimum Gasteiger partial charge on any atom is -0.497 e. The van der Waals surface area contributed by atoms with E-state index in [1.54, 1.807) is 7.11 Å². The molecule has 0 bridgehead atoms. The van der Waals surface area contributed by atoms with Crippen molar-refractivity contribution in [3.63, 3.8) is 0 Å². The maximum atomic E-state index is 4.98. The minimum atomic E-state index is 0.777. The third-order valence-electron chi connectivity index (χ3n) is 3.15. The van der Waals surface area contributed by atoms with Gasteiger partial charge < -0.3 is 4.74 Å². The van der Waals surface area contributed by atoms with Crippen LogP contribution in [0.2, 0.25) is 0 Å². The van der Waals surface area contributed by atoms with Gasteiger partial charge in [0.2, 0.25) is 0 Å². The summed E-state index contributed by atoms with van der Waals surface area (Å²) in [4.78, 5) is 0. The molecule has 0 atom stereocenters. The molecular formula is C21H34O. The van der Waals surface area contributed by atoms with Gasteiger partial charge in [0.1, 0.15) is 5.76 Å². The van der Waals surface area contributed by atoms with Crippen LogP contribution in [-0.4, -0.2) is 7.11 Å². The number of hydrogen-bond acceptors (Lipinski definition) is 1. The van der Waals surface area contributed by atoms with Crippen LogP contribution >= 0.6 is 0 Å². The third kappa shape index (κ3) is 11.0. The maximum absolute atomic E-state index is 4.98. The van der Waals surface area contributed by atoms with Crippen molar-refractivity contribution in [1.29, 1.82) is 0 Å². The van der Waals surface area contributed by atoms with E-state index in [9.17, 15) is 0 Å². The van der Waals surface area contributed by atoms with Crippen LogP contribution < -0.4 is 0 Å². The van der Waals surface area contributed by atoms with Crippen molar-refractivity contribution in [2.24, 2.45) is 0 Å². The van der Waals surface area contributed by atoms with Crippen LogP contribution in [0.25, 0.3) is 6.08 Å². The lowest BCUT2D eigenvalue weighted by molar-refractivity contribution is 0.302. The van der Waals surface area contributed by atoms with Crippen LogP contribution in [-0.2, 0) is 4.74 Å². The zero-order chi connectivity index (χ0) is 17.5. The average molecular weight is 303 g/mol. The molecule has 1 nitrogen and oxygen atoms in total. The van der Waals surface area contributed by atoms with Crippen molar-refractivity contribution in [2.45, 2.75) is 54.4 Å². The summed E-state index contributed by atoms with van der Waals surface area (Å²) in [5, 5.41) is 0. The highest BCUT2D eigenvalue weighted by Gasteiger charge is 1.98. The first-order valence-corrected chi connectivity index (χ1v) is 7.96. The van der Waals surface area contributed by atoms with Gasteiger partial charge in [-0.05, 0) is 38.3 Å². The fourth-order valence-electron chi connectivity index (χ4n) is 1.36. The molecule has 1 heteroatoms. The second kappa shape index (κ2) is 14.2. The van der Waals surface area contributed by atoms with Crippen molar-refractivity contribution in [3.8, 4) is 0 Å². The highest BCUT2D eigenvalue weighted by Crippen LogP contribution is 2.14. The molecule has 0 amide bonds. The summed E-state index contributed by atoms with van der Waals surface area (Å²) in [5.41, 5.74) is 4.98. The Morgan fingerprint density at radius 1 is 1.09 bits per heavy atom. The van der Waals surface area contributed by atoms with E-state index in [4.69, 9.17) is 4.74 Å². The summed E-state index contributed by atoms with van der Waals surface area (Å²) in [6.45, 7) is 20.0. The van der Waals surface area contributed by atoms with E-state index in [0.29, 0.717) is 0 Å². The molecule has 22 heavy (non-hydrogen) atoms. The van der Waals surface area contributed by atoms with Gasteiger partial charge >= 0.3 is 0 Å². The zero-order valence-corrected chi connectivity index (χ0v) is 15.6. The van der Waals surface area contributed by atoms with E-state index in [2.05, 4.69) is 72.0 Å². The maximum Gasteiger partial charge on any atom is 0.114 e. The summed E-state index contributed by atoms with van der Waals surface area (Å²) < 4.78 is 4.98. The molecule has 0 spiro atoms. The smallest absolute Gasteiger partial charge is 0.114 e. The number of methoxy groups -OCH3 is 1. The van der Waals surface area contributed by atoms with Crippen molar-refractivity contribution in [2.75, 3.05) is 7.11 Å². The van der Waals surface area contributed by atoms with Gasteiger partial charge in [0, 0.05) is 0 Å². The fourth-order valence-corrected chi connectivity index (χ4v) is 1.36. The van der Waals surface area contributed by atoms with Crippen LogP contribution in [0.3, 0.4) is 0 Å². The van der Waals surface area contributed by atoms with Crippen molar-refractivity contribution < 1.29 is 4.74 Å². The van der Waals surface area contributed by atoms with Crippen molar-refractivity contribution in [1.82, 2.24) is 0 Å². The molecule has 0 unspecified atom stereocenters. The fraction of sp³-hybridized carbons (Fsp3) is 0.429. The Hall–Kier alpha value is -1.76. The van der Waals surface area contributed by atoms with Gasteiger partial charge in [0.15, 0.2) is 0 Å². The minimum absolute atomic E-state index is 0.777. The molecule has 0 aromatic heterocycles. The Labute approximate surface area is 138 Å². The molecule has 0 heterocycles. The predicted molar refractivity (Wildman–Crippen MR) is 102 cm³/mol. The van der Waals surface area contributed by atoms with Gasteiger partial charge in [-0.1, -0.05) is 81.8 Å². The molecule has 0 fully saturated rings. The van der Waals surface area contributed by atoms with E-state index < -0.39 is 0 Å². The Balaban J connectivity index is 0. The van der Waals surface area contributed by atoms with E-state index in [-0.39, 0.29) is 0 Å². The standard InChI is InChI=1S/C9H16O.C9H10.C3H8/c1-6-7(2)8(3)9(4)10-5;1-3-9-6-4-8(2)5-7-9;1-3-2/h4,6H2,1-3,5H3;3-7H,1H2,2H3;3H2,1-2H3/b8-7-;;. The van der Waals surface area contributed by atoms with Crippen molar-refractivity contribution >= 4 is 6.08 Å². The highest BCUT2D eigenvalue weighted by molar-refractivity contribution is 5.46. The summed E-state index contributed by atoms with van der Waals surface area (Å²) in [5.74, 6) is 0.777. The van der Waals surface area contributed by atoms with Crippen LogP contribution in [0.1, 0.15) is 58.6 Å². The van der Waals surface area contributed by atoms with Gasteiger partial charge in [-0.2, -0.15) is 0 Å². The summed E-state index contributed by atoms with van der Waals surface area (Å²) >= 11 is 0. The van der Waals surface area contributed by atoms with Gasteiger partial charge in [-0.25, -0.2) is 0 Å². The Morgan fingerprint density at radius 2 is 1.55 bits per heavy atom. The zero-order valence-electron chi connectivity index (χ0n) is 15.6. The normalized spacial score (nSPS) is 10.1. The van der Waals surface area contributed by atoms with Crippen molar-refractivity contribution in [3.05, 3.63) is 65.5 Å². The lowest BCUT2D eigenvalue weighted by Crippen LogP contribution is -1.89. The number of aryl methyl sites for hydroxylation is 1. The lowest BCUT2D eigenvalue weighted by atomic mass is 10.1. The number of hydrogen-bond donors (Lipinski definition) is 0. The summed E-state index contributed by atoms with van der Waals surface area (Å²) in [6.07, 6.45) is 4.16. The molecule has 0 radical (unpaired) electrons. The van der Waals surface area contributed by atoms with Crippen LogP contribution in [0.15, 0.2) is 54.3 Å². The SMILES string of the molecule is C=C(OC)/C(C)=C(/C)CC.C=Cc1ccc(C)cc1.CCC. The summed E-state index contributed by atoms with van der Waals surface area (Å²) in [7, 11) is 1.65. The Morgan fingerprint density at radius 3 is 1.86 bits per heavy atom. The third-order valence-corrected chi connectivity index (χ3v) is 3.15. The largest absolute Gasteiger partial charge is 0.497 e. The van der Waals surface area contributed by atoms with Gasteiger partial charge in [0.25, 0.3) is 0 Å². The van der Waals surface area contributed by atoms with Crippen LogP contribution in [0, 0.1) is 6.92 Å². The molecule has 1 rings (SSSR count). The van der Waals surface area contributed by atoms with E-state index in [1.807, 2.05) is 13.0 Å². The molecule has 1 aromatic carbocycles. The Bertz CT molecular complexity index is 449. The van der Waals surface area contributed by atoms with E-state index in [1.165, 1.54) is 28.7 Å². The topological polar surface area (TPSA) is 9.23 Å². The second-order valence-corrected chi connectivity index (χ2v) is 5.21. The average Bonchev–Trinajstić information content (AvgIpc) is 2.54. The lowest BCUT2D eigenvalue weighted by Gasteiger charge is -2.06. The molecule has 1 aromatic rings. The number of allylic oxidation sites excluding steroid dienone is 2. The number of ether oxygens (including phenoxy) is 1. The monoisotopic (exact) mass is 302 g/mol. The van der Waals surface area contributed by atoms with Crippen LogP contribution in [0.5, 0.6) is 0 Å². The molecule has 0 aliphatic heterocycles. The quantitative estimate of drug-likeness (QED) is 0.432.